The van der Waals surface area contributed by atoms with Gasteiger partial charge in [-0.1, -0.05) is 36.4 Å². The first-order valence-electron chi connectivity index (χ1n) is 9.00. The highest BCUT2D eigenvalue weighted by atomic mass is 16.8. The largest absolute Gasteiger partial charge is 0.394 e. The number of benzene rings is 1. The van der Waals surface area contributed by atoms with E-state index >= 15 is 0 Å². The summed E-state index contributed by atoms with van der Waals surface area (Å²) in [6.07, 6.45) is -0.0432. The van der Waals surface area contributed by atoms with Crippen LogP contribution >= 0.6 is 0 Å². The van der Waals surface area contributed by atoms with E-state index in [1.807, 2.05) is 44.2 Å². The number of hydrogen-bond acceptors (Lipinski definition) is 6. The Hall–Kier alpha value is -1.28. The molecule has 0 aromatic heterocycles. The lowest BCUT2D eigenvalue weighted by Gasteiger charge is -2.39. The van der Waals surface area contributed by atoms with Gasteiger partial charge in [0.05, 0.1) is 13.2 Å². The van der Waals surface area contributed by atoms with Crippen LogP contribution in [0.1, 0.15) is 32.3 Å². The van der Waals surface area contributed by atoms with Crippen molar-refractivity contribution in [3.05, 3.63) is 48.6 Å². The summed E-state index contributed by atoms with van der Waals surface area (Å²) in [6.45, 7) is 7.34. The number of fused-ring (bicyclic) bond motifs is 1. The van der Waals surface area contributed by atoms with Gasteiger partial charge in [0, 0.05) is 0 Å². The Labute approximate surface area is 154 Å². The van der Waals surface area contributed by atoms with Gasteiger partial charge in [0.15, 0.2) is 12.1 Å². The van der Waals surface area contributed by atoms with Crippen molar-refractivity contribution in [3.8, 4) is 0 Å². The molecule has 0 spiro atoms. The van der Waals surface area contributed by atoms with E-state index in [0.29, 0.717) is 19.4 Å². The highest BCUT2D eigenvalue weighted by Crippen LogP contribution is 2.48. The van der Waals surface area contributed by atoms with Gasteiger partial charge in [0.2, 0.25) is 0 Å². The first-order valence-corrected chi connectivity index (χ1v) is 9.00. The molecule has 2 fully saturated rings. The Balaban J connectivity index is 1.91. The van der Waals surface area contributed by atoms with E-state index in [9.17, 15) is 10.2 Å². The molecule has 0 bridgehead atoms. The molecule has 2 saturated heterocycles. The lowest BCUT2D eigenvalue weighted by molar-refractivity contribution is -0.255. The maximum absolute atomic E-state index is 10.4. The van der Waals surface area contributed by atoms with Gasteiger partial charge in [-0.15, -0.1) is 6.58 Å². The van der Waals surface area contributed by atoms with Crippen LogP contribution in [0.5, 0.6) is 0 Å². The van der Waals surface area contributed by atoms with Crippen LogP contribution in [-0.4, -0.2) is 52.8 Å². The molecule has 2 aliphatic heterocycles. The fourth-order valence-electron chi connectivity index (χ4n) is 3.73. The zero-order chi connectivity index (χ0) is 18.8. The van der Waals surface area contributed by atoms with E-state index in [1.165, 1.54) is 0 Å². The van der Waals surface area contributed by atoms with E-state index in [2.05, 4.69) is 6.58 Å². The Kier molecular flexibility index (Phi) is 5.81. The molecule has 5 atom stereocenters. The van der Waals surface area contributed by atoms with Gasteiger partial charge in [0.25, 0.3) is 0 Å². The topological polar surface area (TPSA) is 77.4 Å². The first kappa shape index (κ1) is 19.5. The SMILES string of the molecule is C=CCC[C@]1(OCc2ccccc2)[C@@H]([C@H](O)CO)O[C@@H]2OC(C)(C)O[C@@H]21. The number of allylic oxidation sites excluding steroid dienone is 1. The summed E-state index contributed by atoms with van der Waals surface area (Å²) in [5.74, 6) is -0.806. The minimum absolute atomic E-state index is 0.336. The molecule has 0 unspecified atom stereocenters. The molecule has 1 aromatic rings. The second-order valence-electron chi connectivity index (χ2n) is 7.29. The van der Waals surface area contributed by atoms with Crippen molar-refractivity contribution in [1.82, 2.24) is 0 Å². The summed E-state index contributed by atoms with van der Waals surface area (Å²) in [4.78, 5) is 0. The Bertz CT molecular complexity index is 604. The fraction of sp³-hybridized carbons (Fsp3) is 0.600. The van der Waals surface area contributed by atoms with Crippen molar-refractivity contribution < 1.29 is 29.2 Å². The normalized spacial score (nSPS) is 33.8. The molecule has 3 rings (SSSR count). The summed E-state index contributed by atoms with van der Waals surface area (Å²) >= 11 is 0. The number of rotatable bonds is 8. The van der Waals surface area contributed by atoms with Gasteiger partial charge >= 0.3 is 0 Å². The molecule has 2 heterocycles. The number of aliphatic hydroxyl groups excluding tert-OH is 2. The monoisotopic (exact) mass is 364 g/mol. The zero-order valence-corrected chi connectivity index (χ0v) is 15.3. The van der Waals surface area contributed by atoms with Gasteiger partial charge < -0.3 is 29.2 Å². The van der Waals surface area contributed by atoms with Crippen LogP contribution < -0.4 is 0 Å². The van der Waals surface area contributed by atoms with Crippen LogP contribution in [-0.2, 0) is 25.6 Å². The van der Waals surface area contributed by atoms with Gasteiger partial charge in [0.1, 0.15) is 23.9 Å². The van der Waals surface area contributed by atoms with E-state index in [-0.39, 0.29) is 0 Å². The average molecular weight is 364 g/mol. The third kappa shape index (κ3) is 3.71. The zero-order valence-electron chi connectivity index (χ0n) is 15.3. The smallest absolute Gasteiger partial charge is 0.190 e. The second-order valence-corrected chi connectivity index (χ2v) is 7.29. The Morgan fingerprint density at radius 1 is 1.27 bits per heavy atom. The summed E-state index contributed by atoms with van der Waals surface area (Å²) in [6, 6.07) is 9.78. The lowest BCUT2D eigenvalue weighted by atomic mass is 9.84. The fourth-order valence-corrected chi connectivity index (χ4v) is 3.73. The second kappa shape index (κ2) is 7.76. The molecule has 0 aliphatic carbocycles. The average Bonchev–Trinajstić information content (AvgIpc) is 3.09. The van der Waals surface area contributed by atoms with Crippen LogP contribution in [0.15, 0.2) is 43.0 Å². The third-order valence-electron chi connectivity index (χ3n) is 4.93. The number of ether oxygens (including phenoxy) is 4. The van der Waals surface area contributed by atoms with E-state index < -0.39 is 42.6 Å². The lowest BCUT2D eigenvalue weighted by Crippen LogP contribution is -2.55. The summed E-state index contributed by atoms with van der Waals surface area (Å²) < 4.78 is 24.3. The highest BCUT2D eigenvalue weighted by molar-refractivity contribution is 5.15. The first-order chi connectivity index (χ1) is 12.4. The maximum atomic E-state index is 10.4. The standard InChI is InChI=1S/C20H28O6/c1-4-5-11-20(23-13-14-9-7-6-8-10-14)16(15(22)12-21)24-18-17(20)25-19(2,3)26-18/h4,6-10,15-18,21-22H,1,5,11-13H2,2-3H3/t15-,16-,17+,18-,20+/m1/s1. The van der Waals surface area contributed by atoms with Gasteiger partial charge in [-0.25, -0.2) is 0 Å². The van der Waals surface area contributed by atoms with Gasteiger partial charge in [-0.05, 0) is 32.3 Å². The van der Waals surface area contributed by atoms with E-state index in [1.54, 1.807) is 6.08 Å². The molecule has 0 radical (unpaired) electrons. The minimum atomic E-state index is -1.10. The van der Waals surface area contributed by atoms with E-state index in [4.69, 9.17) is 18.9 Å². The van der Waals surface area contributed by atoms with Crippen LogP contribution in [0.25, 0.3) is 0 Å². The molecule has 0 amide bonds. The number of aliphatic hydroxyl groups is 2. The van der Waals surface area contributed by atoms with Gasteiger partial charge in [-0.3, -0.25) is 0 Å². The van der Waals surface area contributed by atoms with Crippen LogP contribution in [0.3, 0.4) is 0 Å². The van der Waals surface area contributed by atoms with Crippen molar-refractivity contribution >= 4 is 0 Å². The summed E-state index contributed by atoms with van der Waals surface area (Å²) in [5, 5.41) is 19.9. The van der Waals surface area contributed by atoms with Crippen molar-refractivity contribution in [2.45, 2.75) is 69.3 Å². The molecule has 144 valence electrons. The maximum Gasteiger partial charge on any atom is 0.190 e. The summed E-state index contributed by atoms with van der Waals surface area (Å²) in [7, 11) is 0. The molecule has 1 aromatic carbocycles. The molecule has 2 aliphatic rings. The molecule has 26 heavy (non-hydrogen) atoms. The van der Waals surface area contributed by atoms with Gasteiger partial charge in [-0.2, -0.15) is 0 Å². The van der Waals surface area contributed by atoms with Crippen molar-refractivity contribution in [2.75, 3.05) is 6.61 Å². The highest BCUT2D eigenvalue weighted by Gasteiger charge is 2.65. The molecular formula is C20H28O6. The molecule has 0 saturated carbocycles. The van der Waals surface area contributed by atoms with Crippen LogP contribution in [0.4, 0.5) is 0 Å². The molecular weight excluding hydrogens is 336 g/mol. The van der Waals surface area contributed by atoms with Crippen molar-refractivity contribution in [2.24, 2.45) is 0 Å². The van der Waals surface area contributed by atoms with Crippen LogP contribution in [0.2, 0.25) is 0 Å². The predicted molar refractivity (Wildman–Crippen MR) is 95.2 cm³/mol. The summed E-state index contributed by atoms with van der Waals surface area (Å²) in [5.41, 5.74) is 0.0503. The quantitative estimate of drug-likeness (QED) is 0.688. The predicted octanol–water partition coefficient (Wildman–Crippen LogP) is 2.14. The third-order valence-corrected chi connectivity index (χ3v) is 4.93. The minimum Gasteiger partial charge on any atom is -0.394 e. The Morgan fingerprint density at radius 2 is 2.00 bits per heavy atom. The number of hydrogen-bond donors (Lipinski definition) is 2. The van der Waals surface area contributed by atoms with E-state index in [0.717, 1.165) is 5.56 Å². The molecule has 6 nitrogen and oxygen atoms in total. The molecule has 2 N–H and O–H groups in total. The van der Waals surface area contributed by atoms with Crippen molar-refractivity contribution in [1.29, 1.82) is 0 Å². The van der Waals surface area contributed by atoms with Crippen LogP contribution in [0, 0.1) is 0 Å². The molecule has 6 heteroatoms. The Morgan fingerprint density at radius 3 is 2.65 bits per heavy atom. The van der Waals surface area contributed by atoms with Crippen molar-refractivity contribution in [3.63, 3.8) is 0 Å².